The first-order chi connectivity index (χ1) is 7.86. The summed E-state index contributed by atoms with van der Waals surface area (Å²) >= 11 is 0. The molecular weight excluding hydrogens is 236 g/mol. The highest BCUT2D eigenvalue weighted by Gasteiger charge is 2.52. The van der Waals surface area contributed by atoms with Crippen LogP contribution < -0.4 is 4.74 Å². The Labute approximate surface area is 108 Å². The Hall–Kier alpha value is -0.800. The summed E-state index contributed by atoms with van der Waals surface area (Å²) in [6.07, 6.45) is 5.50. The van der Waals surface area contributed by atoms with Crippen LogP contribution in [0.4, 0.5) is 0 Å². The van der Waals surface area contributed by atoms with E-state index >= 15 is 0 Å². The van der Waals surface area contributed by atoms with Crippen molar-refractivity contribution in [2.75, 3.05) is 19.6 Å². The lowest BCUT2D eigenvalue weighted by atomic mass is 9.73. The Morgan fingerprint density at radius 2 is 2.18 bits per heavy atom. The van der Waals surface area contributed by atoms with Crippen molar-refractivity contribution < 1.29 is 4.74 Å². The minimum Gasteiger partial charge on any atom is -0.469 e. The summed E-state index contributed by atoms with van der Waals surface area (Å²) in [5.41, 5.74) is 1.36. The van der Waals surface area contributed by atoms with Gasteiger partial charge in [0, 0.05) is 30.6 Å². The molecule has 92 valence electrons. The van der Waals surface area contributed by atoms with E-state index in [1.807, 2.05) is 12.3 Å². The van der Waals surface area contributed by atoms with E-state index < -0.39 is 0 Å². The summed E-state index contributed by atoms with van der Waals surface area (Å²) < 4.78 is 6.22. The summed E-state index contributed by atoms with van der Waals surface area (Å²) in [6.45, 7) is 3.63. The van der Waals surface area contributed by atoms with Crippen LogP contribution in [0.15, 0.2) is 18.3 Å². The smallest absolute Gasteiger partial charge is 0.217 e. The van der Waals surface area contributed by atoms with Gasteiger partial charge in [0.25, 0.3) is 0 Å². The van der Waals surface area contributed by atoms with E-state index in [1.54, 1.807) is 0 Å². The van der Waals surface area contributed by atoms with Crippen molar-refractivity contribution in [1.82, 2.24) is 9.88 Å². The number of aromatic nitrogens is 1. The van der Waals surface area contributed by atoms with Gasteiger partial charge in [-0.3, -0.25) is 4.90 Å². The molecule has 0 saturated carbocycles. The predicted octanol–water partition coefficient (Wildman–Crippen LogP) is 1.90. The molecule has 5 rings (SSSR count). The molecule has 3 fully saturated rings. The lowest BCUT2D eigenvalue weighted by Gasteiger charge is -2.50. The number of fused-ring (bicyclic) bond motifs is 3. The van der Waals surface area contributed by atoms with Crippen molar-refractivity contribution in [2.24, 2.45) is 5.92 Å². The molecule has 3 nitrogen and oxygen atoms in total. The fraction of sp³-hybridized carbons (Fsp3) is 0.615. The second-order valence-corrected chi connectivity index (χ2v) is 5.36. The van der Waals surface area contributed by atoms with E-state index in [9.17, 15) is 0 Å². The number of halogens is 1. The SMILES string of the molecule is Cl.c1cnc2c(c1)CC1(CN3CCC1CC3)O2. The van der Waals surface area contributed by atoms with Crippen LogP contribution in [0.5, 0.6) is 5.88 Å². The van der Waals surface area contributed by atoms with Crippen LogP contribution in [0.25, 0.3) is 0 Å². The van der Waals surface area contributed by atoms with Crippen LogP contribution in [0.2, 0.25) is 0 Å². The molecule has 0 aliphatic carbocycles. The molecule has 5 heterocycles. The Kier molecular flexibility index (Phi) is 2.56. The van der Waals surface area contributed by atoms with Gasteiger partial charge in [0.15, 0.2) is 0 Å². The zero-order chi connectivity index (χ0) is 10.6. The van der Waals surface area contributed by atoms with Gasteiger partial charge in [-0.05, 0) is 32.0 Å². The largest absolute Gasteiger partial charge is 0.469 e. The molecule has 0 aromatic carbocycles. The van der Waals surface area contributed by atoms with Crippen molar-refractivity contribution in [3.05, 3.63) is 23.9 Å². The third-order valence-corrected chi connectivity index (χ3v) is 4.46. The van der Waals surface area contributed by atoms with Gasteiger partial charge in [-0.15, -0.1) is 12.4 Å². The summed E-state index contributed by atoms with van der Waals surface area (Å²) in [7, 11) is 0. The molecule has 17 heavy (non-hydrogen) atoms. The Morgan fingerprint density at radius 3 is 2.82 bits per heavy atom. The molecule has 1 spiro atoms. The maximum atomic E-state index is 6.22. The molecule has 2 bridgehead atoms. The third-order valence-electron chi connectivity index (χ3n) is 4.46. The van der Waals surface area contributed by atoms with Gasteiger partial charge < -0.3 is 4.74 Å². The van der Waals surface area contributed by atoms with Crippen LogP contribution in [0, 0.1) is 5.92 Å². The highest BCUT2D eigenvalue weighted by Crippen LogP contribution is 2.45. The van der Waals surface area contributed by atoms with E-state index in [0.29, 0.717) is 0 Å². The minimum atomic E-state index is 0. The van der Waals surface area contributed by atoms with Crippen LogP contribution >= 0.6 is 12.4 Å². The first-order valence-corrected chi connectivity index (χ1v) is 6.21. The number of ether oxygens (including phenoxy) is 1. The number of piperidine rings is 3. The van der Waals surface area contributed by atoms with Crippen molar-refractivity contribution in [2.45, 2.75) is 24.9 Å². The molecule has 3 saturated heterocycles. The lowest BCUT2D eigenvalue weighted by Crippen LogP contribution is -2.61. The molecular formula is C13H17ClN2O. The maximum absolute atomic E-state index is 6.22. The number of hydrogen-bond acceptors (Lipinski definition) is 3. The second kappa shape index (κ2) is 3.85. The monoisotopic (exact) mass is 252 g/mol. The number of rotatable bonds is 0. The highest BCUT2D eigenvalue weighted by molar-refractivity contribution is 5.85. The average Bonchev–Trinajstić information content (AvgIpc) is 2.68. The molecule has 4 aliphatic heterocycles. The van der Waals surface area contributed by atoms with Crippen LogP contribution in [0.1, 0.15) is 18.4 Å². The van der Waals surface area contributed by atoms with Gasteiger partial charge in [0.1, 0.15) is 5.60 Å². The molecule has 0 amide bonds. The van der Waals surface area contributed by atoms with Gasteiger partial charge >= 0.3 is 0 Å². The van der Waals surface area contributed by atoms with Crippen LogP contribution in [0.3, 0.4) is 0 Å². The van der Waals surface area contributed by atoms with Crippen LogP contribution in [-0.2, 0) is 6.42 Å². The van der Waals surface area contributed by atoms with E-state index in [-0.39, 0.29) is 18.0 Å². The second-order valence-electron chi connectivity index (χ2n) is 5.36. The predicted molar refractivity (Wildman–Crippen MR) is 67.7 cm³/mol. The van der Waals surface area contributed by atoms with Crippen molar-refractivity contribution in [1.29, 1.82) is 0 Å². The van der Waals surface area contributed by atoms with Gasteiger partial charge in [-0.1, -0.05) is 6.07 Å². The fourth-order valence-electron chi connectivity index (χ4n) is 3.64. The first-order valence-electron chi connectivity index (χ1n) is 6.21. The zero-order valence-electron chi connectivity index (χ0n) is 9.76. The molecule has 4 aliphatic rings. The third kappa shape index (κ3) is 1.56. The maximum Gasteiger partial charge on any atom is 0.217 e. The summed E-state index contributed by atoms with van der Waals surface area (Å²) in [4.78, 5) is 6.90. The highest BCUT2D eigenvalue weighted by atomic mass is 35.5. The summed E-state index contributed by atoms with van der Waals surface area (Å²) in [6, 6.07) is 4.18. The normalized spacial score (nSPS) is 37.4. The Bertz CT molecular complexity index is 404. The standard InChI is InChI=1S/C13H16N2O.ClH/c1-2-10-8-13(16-12(10)14-5-1)9-15-6-3-11(13)4-7-15;/h1-2,5,11H,3-4,6-9H2;1H. The number of nitrogens with zero attached hydrogens (tertiary/aromatic N) is 2. The Balaban J connectivity index is 0.000000902. The van der Waals surface area contributed by atoms with E-state index in [2.05, 4.69) is 16.0 Å². The first kappa shape index (κ1) is 11.3. The topological polar surface area (TPSA) is 25.4 Å². The lowest BCUT2D eigenvalue weighted by molar-refractivity contribution is -0.0814. The molecule has 0 radical (unpaired) electrons. The fourth-order valence-corrected chi connectivity index (χ4v) is 3.64. The van der Waals surface area contributed by atoms with Crippen molar-refractivity contribution in [3.63, 3.8) is 0 Å². The van der Waals surface area contributed by atoms with E-state index in [0.717, 1.165) is 24.8 Å². The average molecular weight is 253 g/mol. The minimum absolute atomic E-state index is 0. The molecule has 4 heteroatoms. The Morgan fingerprint density at radius 1 is 1.35 bits per heavy atom. The van der Waals surface area contributed by atoms with Gasteiger partial charge in [0.05, 0.1) is 0 Å². The molecule has 1 aromatic rings. The van der Waals surface area contributed by atoms with E-state index in [1.165, 1.54) is 31.5 Å². The molecule has 1 atom stereocenters. The van der Waals surface area contributed by atoms with Gasteiger partial charge in [0.2, 0.25) is 5.88 Å². The van der Waals surface area contributed by atoms with Crippen LogP contribution in [-0.4, -0.2) is 35.1 Å². The zero-order valence-corrected chi connectivity index (χ0v) is 10.6. The van der Waals surface area contributed by atoms with Gasteiger partial charge in [-0.2, -0.15) is 0 Å². The number of pyridine rings is 1. The molecule has 0 N–H and O–H groups in total. The molecule has 1 aromatic heterocycles. The molecule has 1 unspecified atom stereocenters. The van der Waals surface area contributed by atoms with Crippen molar-refractivity contribution >= 4 is 12.4 Å². The van der Waals surface area contributed by atoms with E-state index in [4.69, 9.17) is 4.74 Å². The van der Waals surface area contributed by atoms with Crippen molar-refractivity contribution in [3.8, 4) is 5.88 Å². The summed E-state index contributed by atoms with van der Waals surface area (Å²) in [5, 5.41) is 0. The number of hydrogen-bond donors (Lipinski definition) is 0. The summed E-state index contributed by atoms with van der Waals surface area (Å²) in [5.74, 6) is 1.63. The quantitative estimate of drug-likeness (QED) is 0.705. The van der Waals surface area contributed by atoms with Gasteiger partial charge in [-0.25, -0.2) is 4.98 Å².